The maximum atomic E-state index is 12.7. The van der Waals surface area contributed by atoms with Crippen LogP contribution in [0.3, 0.4) is 0 Å². The maximum Gasteiger partial charge on any atom is 0.418 e. The van der Waals surface area contributed by atoms with Gasteiger partial charge in [0.2, 0.25) is 5.95 Å². The van der Waals surface area contributed by atoms with Crippen LogP contribution >= 0.6 is 0 Å². The Balaban J connectivity index is 1.21. The molecular weight excluding hydrogens is 477 g/mol. The van der Waals surface area contributed by atoms with Crippen LogP contribution in [0, 0.1) is 0 Å². The zero-order chi connectivity index (χ0) is 25.1. The second kappa shape index (κ2) is 10.4. The average molecular weight is 505 g/mol. The number of aliphatic hydroxyl groups is 1. The van der Waals surface area contributed by atoms with Crippen LogP contribution in [0.25, 0.3) is 11.0 Å². The zero-order valence-electron chi connectivity index (χ0n) is 19.5. The molecule has 0 amide bonds. The third-order valence-corrected chi connectivity index (χ3v) is 6.50. The molecule has 2 aromatic heterocycles. The summed E-state index contributed by atoms with van der Waals surface area (Å²) in [6.45, 7) is 2.97. The lowest BCUT2D eigenvalue weighted by Crippen LogP contribution is -2.36. The van der Waals surface area contributed by atoms with Crippen molar-refractivity contribution in [2.24, 2.45) is 0 Å². The van der Waals surface area contributed by atoms with Crippen molar-refractivity contribution in [2.75, 3.05) is 36.5 Å². The summed E-state index contributed by atoms with van der Waals surface area (Å²) < 4.78 is 49.9. The Morgan fingerprint density at radius 3 is 2.39 bits per heavy atom. The molecule has 2 N–H and O–H groups in total. The maximum absolute atomic E-state index is 12.7. The van der Waals surface area contributed by atoms with Crippen molar-refractivity contribution < 1.29 is 27.8 Å². The number of ether oxygens (including phenoxy) is 2. The molecule has 1 aliphatic carbocycles. The van der Waals surface area contributed by atoms with E-state index in [0.717, 1.165) is 67.9 Å². The molecule has 1 saturated heterocycles. The van der Waals surface area contributed by atoms with E-state index in [0.29, 0.717) is 19.0 Å². The minimum Gasteiger partial charge on any atom is -0.488 e. The summed E-state index contributed by atoms with van der Waals surface area (Å²) in [4.78, 5) is 19.1. The summed E-state index contributed by atoms with van der Waals surface area (Å²) in [6.07, 6.45) is 1.11. The molecule has 3 aromatic rings. The van der Waals surface area contributed by atoms with Gasteiger partial charge in [0.25, 0.3) is 0 Å². The lowest BCUT2D eigenvalue weighted by atomic mass is 9.93. The number of hydrogen-bond acceptors (Lipinski definition) is 9. The van der Waals surface area contributed by atoms with E-state index in [1.807, 2.05) is 12.1 Å². The molecule has 2 fully saturated rings. The van der Waals surface area contributed by atoms with Crippen LogP contribution in [-0.4, -0.2) is 69.7 Å². The first-order valence-corrected chi connectivity index (χ1v) is 11.9. The molecule has 1 aliphatic heterocycles. The number of anilines is 2. The number of benzene rings is 1. The van der Waals surface area contributed by atoms with Gasteiger partial charge in [0.05, 0.1) is 24.8 Å². The molecule has 1 aromatic carbocycles. The monoisotopic (exact) mass is 504 g/mol. The molecular formula is C24H27F3N6O3. The highest BCUT2D eigenvalue weighted by Gasteiger charge is 2.39. The number of nitrogens with zero attached hydrogens (tertiary/aromatic N) is 5. The van der Waals surface area contributed by atoms with Crippen molar-refractivity contribution in [2.45, 2.75) is 50.1 Å². The standard InChI is InChI=1S/C24H27F3N6O3/c25-24(26,27)22(34)15-13-30-23(31-14-15)32-16-1-3-18(4-2-16)36-20-12-17(33-7-9-35-10-8-33)11-19-21(20)29-6-5-28-19/h5-6,11-14,16,18,22,34H,1-4,7-10H2,(H,30,31,32). The van der Waals surface area contributed by atoms with E-state index >= 15 is 0 Å². The quantitative estimate of drug-likeness (QED) is 0.520. The fourth-order valence-corrected chi connectivity index (χ4v) is 4.55. The van der Waals surface area contributed by atoms with Gasteiger partial charge in [0.15, 0.2) is 6.10 Å². The predicted octanol–water partition coefficient (Wildman–Crippen LogP) is 3.65. The number of aromatic nitrogens is 4. The summed E-state index contributed by atoms with van der Waals surface area (Å²) >= 11 is 0. The minimum absolute atomic E-state index is 0.00146. The van der Waals surface area contributed by atoms with E-state index in [1.165, 1.54) is 0 Å². The Bertz CT molecular complexity index is 1170. The summed E-state index contributed by atoms with van der Waals surface area (Å²) in [7, 11) is 0. The topological polar surface area (TPSA) is 106 Å². The summed E-state index contributed by atoms with van der Waals surface area (Å²) in [6, 6.07) is 4.12. The molecule has 36 heavy (non-hydrogen) atoms. The molecule has 0 bridgehead atoms. The minimum atomic E-state index is -4.75. The van der Waals surface area contributed by atoms with Gasteiger partial charge >= 0.3 is 6.18 Å². The Morgan fingerprint density at radius 1 is 1.00 bits per heavy atom. The average Bonchev–Trinajstić information content (AvgIpc) is 2.90. The summed E-state index contributed by atoms with van der Waals surface area (Å²) in [5, 5.41) is 12.5. The molecule has 9 nitrogen and oxygen atoms in total. The van der Waals surface area contributed by atoms with Crippen LogP contribution in [0.1, 0.15) is 37.4 Å². The van der Waals surface area contributed by atoms with Gasteiger partial charge < -0.3 is 24.8 Å². The largest absolute Gasteiger partial charge is 0.488 e. The smallest absolute Gasteiger partial charge is 0.418 e. The lowest BCUT2D eigenvalue weighted by Gasteiger charge is -2.31. The van der Waals surface area contributed by atoms with Gasteiger partial charge in [0, 0.05) is 61.2 Å². The highest BCUT2D eigenvalue weighted by molar-refractivity contribution is 5.85. The third kappa shape index (κ3) is 5.59. The highest BCUT2D eigenvalue weighted by atomic mass is 19.4. The second-order valence-electron chi connectivity index (χ2n) is 8.99. The molecule has 5 rings (SSSR count). The van der Waals surface area contributed by atoms with E-state index in [-0.39, 0.29) is 23.7 Å². The molecule has 0 spiro atoms. The molecule has 1 saturated carbocycles. The molecule has 192 valence electrons. The predicted molar refractivity (Wildman–Crippen MR) is 126 cm³/mol. The molecule has 3 heterocycles. The van der Waals surface area contributed by atoms with Crippen molar-refractivity contribution in [1.82, 2.24) is 19.9 Å². The van der Waals surface area contributed by atoms with Crippen LogP contribution in [0.4, 0.5) is 24.8 Å². The van der Waals surface area contributed by atoms with Crippen LogP contribution in [-0.2, 0) is 4.74 Å². The van der Waals surface area contributed by atoms with Crippen LogP contribution in [0.5, 0.6) is 5.75 Å². The first-order valence-electron chi connectivity index (χ1n) is 11.9. The SMILES string of the molecule is OC(c1cnc(NC2CCC(Oc3cc(N4CCOCC4)cc4nccnc34)CC2)nc1)C(F)(F)F. The van der Waals surface area contributed by atoms with Crippen molar-refractivity contribution in [3.63, 3.8) is 0 Å². The zero-order valence-corrected chi connectivity index (χ0v) is 19.5. The number of alkyl halides is 3. The first-order chi connectivity index (χ1) is 17.4. The number of fused-ring (bicyclic) bond motifs is 1. The van der Waals surface area contributed by atoms with Gasteiger partial charge in [0.1, 0.15) is 11.3 Å². The van der Waals surface area contributed by atoms with Crippen molar-refractivity contribution >= 4 is 22.7 Å². The number of hydrogen-bond donors (Lipinski definition) is 2. The van der Waals surface area contributed by atoms with Gasteiger partial charge in [-0.3, -0.25) is 4.98 Å². The molecule has 1 unspecified atom stereocenters. The fraction of sp³-hybridized carbons (Fsp3) is 0.500. The molecule has 0 radical (unpaired) electrons. The highest BCUT2D eigenvalue weighted by Crippen LogP contribution is 2.34. The Kier molecular flexibility index (Phi) is 7.06. The van der Waals surface area contributed by atoms with Gasteiger partial charge in [-0.15, -0.1) is 0 Å². The Hall–Kier alpha value is -3.25. The van der Waals surface area contributed by atoms with E-state index < -0.39 is 12.3 Å². The number of morpholine rings is 1. The van der Waals surface area contributed by atoms with E-state index in [2.05, 4.69) is 30.2 Å². The van der Waals surface area contributed by atoms with E-state index in [9.17, 15) is 18.3 Å². The van der Waals surface area contributed by atoms with E-state index in [4.69, 9.17) is 9.47 Å². The van der Waals surface area contributed by atoms with Gasteiger partial charge in [-0.05, 0) is 31.7 Å². The van der Waals surface area contributed by atoms with Gasteiger partial charge in [-0.1, -0.05) is 0 Å². The second-order valence-corrected chi connectivity index (χ2v) is 8.99. The Labute approximate surface area is 205 Å². The first kappa shape index (κ1) is 24.4. The molecule has 12 heteroatoms. The van der Waals surface area contributed by atoms with Crippen LogP contribution in [0.15, 0.2) is 36.9 Å². The van der Waals surface area contributed by atoms with Gasteiger partial charge in [-0.25, -0.2) is 15.0 Å². The normalized spacial score (nSPS) is 21.8. The third-order valence-electron chi connectivity index (χ3n) is 6.50. The molecule has 1 atom stereocenters. The summed E-state index contributed by atoms with van der Waals surface area (Å²) in [5.74, 6) is 0.942. The van der Waals surface area contributed by atoms with Crippen LogP contribution in [0.2, 0.25) is 0 Å². The number of rotatable bonds is 6. The Morgan fingerprint density at radius 2 is 1.69 bits per heavy atom. The summed E-state index contributed by atoms with van der Waals surface area (Å²) in [5.41, 5.74) is 2.15. The van der Waals surface area contributed by atoms with Crippen molar-refractivity contribution in [3.05, 3.63) is 42.5 Å². The van der Waals surface area contributed by atoms with Crippen molar-refractivity contribution in [3.8, 4) is 5.75 Å². The fourth-order valence-electron chi connectivity index (χ4n) is 4.55. The number of halogens is 3. The van der Waals surface area contributed by atoms with Crippen LogP contribution < -0.4 is 15.0 Å². The number of nitrogens with one attached hydrogen (secondary N) is 1. The molecule has 2 aliphatic rings. The lowest BCUT2D eigenvalue weighted by molar-refractivity contribution is -0.206. The number of aliphatic hydroxyl groups excluding tert-OH is 1. The van der Waals surface area contributed by atoms with Gasteiger partial charge in [-0.2, -0.15) is 13.2 Å². The van der Waals surface area contributed by atoms with Crippen molar-refractivity contribution in [1.29, 1.82) is 0 Å². The van der Waals surface area contributed by atoms with E-state index in [1.54, 1.807) is 12.4 Å².